The molecular weight excluding hydrogens is 314 g/mol. The fourth-order valence-corrected chi connectivity index (χ4v) is 3.29. The summed E-state index contributed by atoms with van der Waals surface area (Å²) in [5, 5.41) is 15.9. The van der Waals surface area contributed by atoms with Gasteiger partial charge in [-0.25, -0.2) is 9.48 Å². The first-order chi connectivity index (χ1) is 11.1. The van der Waals surface area contributed by atoms with Crippen LogP contribution in [0, 0.1) is 0 Å². The van der Waals surface area contributed by atoms with Gasteiger partial charge in [0.2, 0.25) is 0 Å². The topological polar surface area (TPSA) is 81.9 Å². The molecule has 7 nitrogen and oxygen atoms in total. The molecule has 0 amide bonds. The molecule has 0 bridgehead atoms. The van der Waals surface area contributed by atoms with Crippen molar-refractivity contribution in [2.45, 2.75) is 19.9 Å². The summed E-state index contributed by atoms with van der Waals surface area (Å²) < 4.78 is 7.73. The van der Waals surface area contributed by atoms with Crippen molar-refractivity contribution in [3.8, 4) is 0 Å². The van der Waals surface area contributed by atoms with Crippen LogP contribution >= 0.6 is 11.3 Å². The molecule has 3 rings (SSSR count). The van der Waals surface area contributed by atoms with Gasteiger partial charge in [0.05, 0.1) is 12.6 Å². The smallest absolute Gasteiger partial charge is 0.348 e. The first-order valence-corrected chi connectivity index (χ1v) is 8.09. The molecule has 120 valence electrons. The number of rotatable bonds is 5. The Morgan fingerprint density at radius 2 is 2.26 bits per heavy atom. The molecule has 2 aromatic heterocycles. The molecule has 8 heteroatoms. The Labute approximate surface area is 137 Å². The molecule has 0 aliphatic rings. The second kappa shape index (κ2) is 6.33. The number of nitrogens with one attached hydrogen (secondary N) is 1. The lowest BCUT2D eigenvalue weighted by molar-refractivity contribution is 0.0532. The predicted octanol–water partition coefficient (Wildman–Crippen LogP) is 2.77. The number of hydrogen-bond acceptors (Lipinski definition) is 7. The van der Waals surface area contributed by atoms with Crippen molar-refractivity contribution in [2.75, 3.05) is 11.9 Å². The number of anilines is 1. The number of benzene rings is 1. The van der Waals surface area contributed by atoms with Gasteiger partial charge < -0.3 is 10.1 Å². The van der Waals surface area contributed by atoms with Gasteiger partial charge in [-0.3, -0.25) is 0 Å². The molecule has 23 heavy (non-hydrogen) atoms. The van der Waals surface area contributed by atoms with Crippen LogP contribution in [-0.2, 0) is 11.8 Å². The summed E-state index contributed by atoms with van der Waals surface area (Å²) in [6.07, 6.45) is 0. The second-order valence-corrected chi connectivity index (χ2v) is 6.19. The number of nitrogens with zero attached hydrogens (tertiary/aromatic N) is 4. The first kappa shape index (κ1) is 15.4. The van der Waals surface area contributed by atoms with Crippen LogP contribution in [0.15, 0.2) is 24.3 Å². The lowest BCUT2D eigenvalue weighted by Crippen LogP contribution is -2.12. The number of carbonyl (C=O) groups is 1. The third-order valence-electron chi connectivity index (χ3n) is 3.42. The lowest BCUT2D eigenvalue weighted by Gasteiger charge is -2.13. The van der Waals surface area contributed by atoms with E-state index in [9.17, 15) is 4.79 Å². The monoisotopic (exact) mass is 331 g/mol. The van der Waals surface area contributed by atoms with E-state index in [4.69, 9.17) is 4.74 Å². The quantitative estimate of drug-likeness (QED) is 0.724. The van der Waals surface area contributed by atoms with Gasteiger partial charge in [0.15, 0.2) is 5.82 Å². The zero-order valence-corrected chi connectivity index (χ0v) is 13.9. The molecule has 0 saturated heterocycles. The van der Waals surface area contributed by atoms with E-state index in [1.807, 2.05) is 31.2 Å². The van der Waals surface area contributed by atoms with Gasteiger partial charge in [0.25, 0.3) is 0 Å². The van der Waals surface area contributed by atoms with E-state index in [1.54, 1.807) is 18.7 Å². The maximum atomic E-state index is 11.8. The third-order valence-corrected chi connectivity index (χ3v) is 4.51. The van der Waals surface area contributed by atoms with Crippen molar-refractivity contribution in [3.63, 3.8) is 0 Å². The minimum Gasteiger partial charge on any atom is -0.462 e. The minimum absolute atomic E-state index is 0.0318. The Bertz CT molecular complexity index is 841. The zero-order valence-electron chi connectivity index (χ0n) is 13.1. The molecule has 2 heterocycles. The van der Waals surface area contributed by atoms with Gasteiger partial charge in [-0.1, -0.05) is 0 Å². The molecular formula is C15H17N5O2S. The number of tetrazole rings is 1. The SMILES string of the molecule is CCOC(=O)c1cc2cc(N[C@@H](C)c3nnnn3C)ccc2s1. The average Bonchev–Trinajstić information content (AvgIpc) is 3.13. The first-order valence-electron chi connectivity index (χ1n) is 7.28. The average molecular weight is 331 g/mol. The summed E-state index contributed by atoms with van der Waals surface area (Å²) in [6.45, 7) is 4.17. The number of aromatic nitrogens is 4. The van der Waals surface area contributed by atoms with Crippen LogP contribution in [0.25, 0.3) is 10.1 Å². The maximum absolute atomic E-state index is 11.8. The molecule has 0 aliphatic heterocycles. The van der Waals surface area contributed by atoms with E-state index in [0.29, 0.717) is 11.5 Å². The number of fused-ring (bicyclic) bond motifs is 1. The van der Waals surface area contributed by atoms with Crippen molar-refractivity contribution < 1.29 is 9.53 Å². The largest absolute Gasteiger partial charge is 0.462 e. The number of thiophene rings is 1. The van der Waals surface area contributed by atoms with E-state index in [2.05, 4.69) is 20.8 Å². The van der Waals surface area contributed by atoms with E-state index < -0.39 is 0 Å². The Hall–Kier alpha value is -2.48. The molecule has 0 saturated carbocycles. The van der Waals surface area contributed by atoms with Gasteiger partial charge in [0, 0.05) is 17.4 Å². The van der Waals surface area contributed by atoms with Gasteiger partial charge in [-0.15, -0.1) is 16.4 Å². The van der Waals surface area contributed by atoms with Crippen molar-refractivity contribution in [1.82, 2.24) is 20.2 Å². The van der Waals surface area contributed by atoms with E-state index >= 15 is 0 Å². The molecule has 1 aromatic carbocycles. The molecule has 0 unspecified atom stereocenters. The number of hydrogen-bond donors (Lipinski definition) is 1. The fraction of sp³-hybridized carbons (Fsp3) is 0.333. The van der Waals surface area contributed by atoms with Crippen LogP contribution in [-0.4, -0.2) is 32.8 Å². The molecule has 1 N–H and O–H groups in total. The lowest BCUT2D eigenvalue weighted by atomic mass is 10.2. The van der Waals surface area contributed by atoms with Crippen LogP contribution in [0.5, 0.6) is 0 Å². The Morgan fingerprint density at radius 3 is 2.96 bits per heavy atom. The minimum atomic E-state index is -0.276. The highest BCUT2D eigenvalue weighted by Gasteiger charge is 2.14. The van der Waals surface area contributed by atoms with Crippen molar-refractivity contribution in [3.05, 3.63) is 35.0 Å². The van der Waals surface area contributed by atoms with Crippen LogP contribution in [0.1, 0.15) is 35.4 Å². The molecule has 0 aliphatic carbocycles. The summed E-state index contributed by atoms with van der Waals surface area (Å²) in [4.78, 5) is 12.4. The highest BCUT2D eigenvalue weighted by molar-refractivity contribution is 7.20. The summed E-state index contributed by atoms with van der Waals surface area (Å²) in [5.74, 6) is 0.476. The Morgan fingerprint density at radius 1 is 1.43 bits per heavy atom. The number of aryl methyl sites for hydroxylation is 1. The molecule has 1 atom stereocenters. The summed E-state index contributed by atoms with van der Waals surface area (Å²) in [5.41, 5.74) is 0.946. The standard InChI is InChI=1S/C15H17N5O2S/c1-4-22-15(21)13-8-10-7-11(5-6-12(10)23-13)16-9(2)14-17-18-19-20(14)3/h5-9,16H,4H2,1-3H3/t9-/m0/s1. The van der Waals surface area contributed by atoms with Crippen LogP contribution in [0.2, 0.25) is 0 Å². The van der Waals surface area contributed by atoms with Crippen LogP contribution in [0.3, 0.4) is 0 Å². The fourth-order valence-electron chi connectivity index (χ4n) is 2.35. The Kier molecular flexibility index (Phi) is 4.24. The zero-order chi connectivity index (χ0) is 16.4. The molecule has 3 aromatic rings. The second-order valence-electron chi connectivity index (χ2n) is 5.11. The third kappa shape index (κ3) is 3.16. The van der Waals surface area contributed by atoms with Crippen molar-refractivity contribution in [2.24, 2.45) is 7.05 Å². The molecule has 0 fully saturated rings. The summed E-state index contributed by atoms with van der Waals surface area (Å²) in [6, 6.07) is 7.81. The summed E-state index contributed by atoms with van der Waals surface area (Å²) in [7, 11) is 1.81. The van der Waals surface area contributed by atoms with E-state index in [-0.39, 0.29) is 12.0 Å². The molecule has 0 radical (unpaired) electrons. The summed E-state index contributed by atoms with van der Waals surface area (Å²) >= 11 is 1.43. The predicted molar refractivity (Wildman–Crippen MR) is 88.6 cm³/mol. The van der Waals surface area contributed by atoms with Crippen molar-refractivity contribution >= 4 is 33.1 Å². The van der Waals surface area contributed by atoms with Gasteiger partial charge in [-0.05, 0) is 53.9 Å². The van der Waals surface area contributed by atoms with E-state index in [0.717, 1.165) is 21.6 Å². The highest BCUT2D eigenvalue weighted by atomic mass is 32.1. The molecule has 0 spiro atoms. The number of esters is 1. The Balaban J connectivity index is 1.82. The number of carbonyl (C=O) groups excluding carboxylic acids is 1. The van der Waals surface area contributed by atoms with Gasteiger partial charge in [0.1, 0.15) is 4.88 Å². The maximum Gasteiger partial charge on any atom is 0.348 e. The van der Waals surface area contributed by atoms with Gasteiger partial charge in [-0.2, -0.15) is 0 Å². The van der Waals surface area contributed by atoms with E-state index in [1.165, 1.54) is 11.3 Å². The number of ether oxygens (including phenoxy) is 1. The highest BCUT2D eigenvalue weighted by Crippen LogP contribution is 2.29. The van der Waals surface area contributed by atoms with Crippen molar-refractivity contribution in [1.29, 1.82) is 0 Å². The van der Waals surface area contributed by atoms with Crippen LogP contribution in [0.4, 0.5) is 5.69 Å². The van der Waals surface area contributed by atoms with Crippen LogP contribution < -0.4 is 5.32 Å². The normalized spacial score (nSPS) is 12.3. The van der Waals surface area contributed by atoms with Gasteiger partial charge >= 0.3 is 5.97 Å².